The summed E-state index contributed by atoms with van der Waals surface area (Å²) >= 11 is 6.34. The molecule has 5 heterocycles. The first-order chi connectivity index (χ1) is 24.1. The summed E-state index contributed by atoms with van der Waals surface area (Å²) < 4.78 is 1.26. The number of rotatable bonds is 7. The molecule has 4 fully saturated rings. The average Bonchev–Trinajstić information content (AvgIpc) is 3.10. The van der Waals surface area contributed by atoms with Gasteiger partial charge in [-0.15, -0.1) is 0 Å². The fraction of sp³-hybridized carbons (Fsp3) is 0.564. The lowest BCUT2D eigenvalue weighted by molar-refractivity contribution is -0.127. The quantitative estimate of drug-likeness (QED) is 0.322. The van der Waals surface area contributed by atoms with Gasteiger partial charge >= 0.3 is 0 Å². The van der Waals surface area contributed by atoms with Crippen LogP contribution in [0.3, 0.4) is 0 Å². The number of halogens is 1. The maximum atomic E-state index is 12.3. The van der Waals surface area contributed by atoms with Crippen molar-refractivity contribution in [1.29, 1.82) is 0 Å². The number of nitrogens with zero attached hydrogens (tertiary/aromatic N) is 5. The van der Waals surface area contributed by atoms with Crippen molar-refractivity contribution in [3.8, 4) is 0 Å². The summed E-state index contributed by atoms with van der Waals surface area (Å²) in [6.45, 7) is 9.49. The number of hydrogen-bond acceptors (Lipinski definition) is 8. The van der Waals surface area contributed by atoms with E-state index in [0.717, 1.165) is 57.8 Å². The van der Waals surface area contributed by atoms with Gasteiger partial charge in [-0.3, -0.25) is 14.5 Å². The van der Waals surface area contributed by atoms with Gasteiger partial charge < -0.3 is 25.5 Å². The van der Waals surface area contributed by atoms with Crippen molar-refractivity contribution >= 4 is 28.9 Å². The molecule has 7 rings (SSSR count). The average molecular weight is 702 g/mol. The maximum absolute atomic E-state index is 12.3. The molecule has 1 spiro atoms. The summed E-state index contributed by atoms with van der Waals surface area (Å²) in [5.74, 6) is 0.291. The Morgan fingerprint density at radius 1 is 1.00 bits per heavy atom. The van der Waals surface area contributed by atoms with Crippen molar-refractivity contribution in [2.24, 2.45) is 12.5 Å². The third-order valence-corrected chi connectivity index (χ3v) is 12.4. The number of carbonyl (C=O) groups is 1. The van der Waals surface area contributed by atoms with Crippen LogP contribution in [0.25, 0.3) is 0 Å². The minimum atomic E-state index is -0.805. The monoisotopic (exact) mass is 701 g/mol. The summed E-state index contributed by atoms with van der Waals surface area (Å²) in [7, 11) is 3.76. The molecule has 3 aromatic rings. The predicted molar refractivity (Wildman–Crippen MR) is 199 cm³/mol. The van der Waals surface area contributed by atoms with Crippen LogP contribution in [-0.2, 0) is 18.4 Å². The lowest BCUT2D eigenvalue weighted by Gasteiger charge is -2.47. The normalized spacial score (nSPS) is 26.2. The van der Waals surface area contributed by atoms with Crippen LogP contribution in [0.2, 0.25) is 5.02 Å². The van der Waals surface area contributed by atoms with Gasteiger partial charge in [0.05, 0.1) is 11.9 Å². The minimum absolute atomic E-state index is 0.0396. The zero-order valence-electron chi connectivity index (χ0n) is 29.7. The number of anilines is 2. The predicted octanol–water partition coefficient (Wildman–Crippen LogP) is 4.84. The molecule has 268 valence electrons. The molecule has 4 aliphatic heterocycles. The molecule has 4 unspecified atom stereocenters. The number of aliphatic hydroxyl groups is 1. The van der Waals surface area contributed by atoms with Crippen LogP contribution in [0, 0.1) is 12.3 Å². The first kappa shape index (κ1) is 35.0. The number of hydrogen-bond donors (Lipinski definition) is 3. The molecule has 4 aliphatic rings. The number of carbonyl (C=O) groups excluding carboxylic acids is 1. The number of benzene rings is 2. The van der Waals surface area contributed by atoms with Crippen molar-refractivity contribution in [3.63, 3.8) is 0 Å². The van der Waals surface area contributed by atoms with Gasteiger partial charge in [0.15, 0.2) is 0 Å². The van der Waals surface area contributed by atoms with Crippen LogP contribution >= 0.6 is 11.6 Å². The van der Waals surface area contributed by atoms with Crippen molar-refractivity contribution < 1.29 is 9.90 Å². The van der Waals surface area contributed by atoms with Crippen LogP contribution in [0.4, 0.5) is 11.4 Å². The second-order valence-electron chi connectivity index (χ2n) is 15.5. The van der Waals surface area contributed by atoms with Gasteiger partial charge in [-0.05, 0) is 111 Å². The van der Waals surface area contributed by atoms with E-state index < -0.39 is 6.23 Å². The van der Waals surface area contributed by atoms with Crippen LogP contribution in [0.5, 0.6) is 0 Å². The zero-order valence-corrected chi connectivity index (χ0v) is 30.5. The molecule has 50 heavy (non-hydrogen) atoms. The van der Waals surface area contributed by atoms with E-state index in [9.17, 15) is 14.7 Å². The topological polar surface area (TPSA) is 106 Å². The van der Waals surface area contributed by atoms with E-state index in [2.05, 4.69) is 86.9 Å². The molecule has 1 aromatic heterocycles. The van der Waals surface area contributed by atoms with Gasteiger partial charge in [0.1, 0.15) is 11.3 Å². The van der Waals surface area contributed by atoms with Gasteiger partial charge in [0, 0.05) is 63.8 Å². The molecule has 3 N–H and O–H groups in total. The number of aryl methyl sites for hydroxylation is 2. The number of nitrogens with one attached hydrogen (secondary N) is 2. The Balaban J connectivity index is 0.887. The second kappa shape index (κ2) is 14.7. The zero-order chi connectivity index (χ0) is 35.0. The SMILES string of the molecule is Cc1cc(N2CCC3(CCN(Cc4ccc(C5CC(Nc6cnn(C)c(=O)c6Cl)CN(C)C5)cc4)CC3)CC2)ccc1C1CCC(=O)NC1O. The van der Waals surface area contributed by atoms with Crippen LogP contribution < -0.4 is 21.1 Å². The van der Waals surface area contributed by atoms with Gasteiger partial charge in [-0.1, -0.05) is 41.9 Å². The Morgan fingerprint density at radius 2 is 1.72 bits per heavy atom. The van der Waals surface area contributed by atoms with Crippen LogP contribution in [0.15, 0.2) is 53.5 Å². The highest BCUT2D eigenvalue weighted by Crippen LogP contribution is 2.43. The van der Waals surface area contributed by atoms with Crippen molar-refractivity contribution in [2.45, 2.75) is 82.5 Å². The third-order valence-electron chi connectivity index (χ3n) is 12.1. The van der Waals surface area contributed by atoms with E-state index in [-0.39, 0.29) is 28.4 Å². The fourth-order valence-electron chi connectivity index (χ4n) is 8.96. The fourth-order valence-corrected chi connectivity index (χ4v) is 9.18. The number of amides is 1. The van der Waals surface area contributed by atoms with E-state index in [1.54, 1.807) is 13.2 Å². The molecule has 0 aliphatic carbocycles. The smallest absolute Gasteiger partial charge is 0.287 e. The summed E-state index contributed by atoms with van der Waals surface area (Å²) in [5, 5.41) is 21.0. The lowest BCUT2D eigenvalue weighted by Crippen LogP contribution is -2.46. The summed E-state index contributed by atoms with van der Waals surface area (Å²) in [5.41, 5.74) is 7.10. The first-order valence-corrected chi connectivity index (χ1v) is 18.7. The van der Waals surface area contributed by atoms with Crippen LogP contribution in [-0.4, -0.2) is 89.2 Å². The molecule has 0 bridgehead atoms. The molecule has 4 atom stereocenters. The van der Waals surface area contributed by atoms with E-state index in [0.29, 0.717) is 29.9 Å². The molecule has 0 radical (unpaired) electrons. The number of aromatic nitrogens is 2. The minimum Gasteiger partial charge on any atom is -0.378 e. The Labute approximate surface area is 300 Å². The second-order valence-corrected chi connectivity index (χ2v) is 15.9. The van der Waals surface area contributed by atoms with Gasteiger partial charge in [-0.25, -0.2) is 4.68 Å². The highest BCUT2D eigenvalue weighted by atomic mass is 35.5. The van der Waals surface area contributed by atoms with Crippen molar-refractivity contribution in [2.75, 3.05) is 56.5 Å². The van der Waals surface area contributed by atoms with E-state index in [1.165, 1.54) is 52.7 Å². The first-order valence-electron chi connectivity index (χ1n) is 18.4. The summed E-state index contributed by atoms with van der Waals surface area (Å²) in [6.07, 6.45) is 7.96. The molecule has 2 aromatic carbocycles. The molecular weight excluding hydrogens is 650 g/mol. The van der Waals surface area contributed by atoms with Crippen molar-refractivity contribution in [1.82, 2.24) is 24.9 Å². The largest absolute Gasteiger partial charge is 0.378 e. The molecule has 4 saturated heterocycles. The molecule has 11 heteroatoms. The molecular formula is C39H52ClN7O3. The summed E-state index contributed by atoms with van der Waals surface area (Å²) in [4.78, 5) is 31.4. The molecule has 0 saturated carbocycles. The van der Waals surface area contributed by atoms with Gasteiger partial charge in [0.25, 0.3) is 5.56 Å². The molecule has 10 nitrogen and oxygen atoms in total. The number of piperidine rings is 4. The summed E-state index contributed by atoms with van der Waals surface area (Å²) in [6, 6.07) is 16.1. The Morgan fingerprint density at radius 3 is 2.42 bits per heavy atom. The Hall–Kier alpha value is -3.44. The number of likely N-dealkylation sites (tertiary alicyclic amines) is 2. The standard InChI is InChI=1S/C39H52ClN7O3/c1-26-20-31(8-9-32(26)33-10-11-35(48)43-37(33)49)47-18-14-39(15-19-47)12-16-46(17-13-39)23-27-4-6-28(7-5-27)29-21-30(25-44(2)24-29)42-34-22-41-45(3)38(50)36(34)40/h4-9,20,22,29-30,33,37,42,49H,10-19,21,23-25H2,1-3H3,(H,43,48). The van der Waals surface area contributed by atoms with E-state index in [4.69, 9.17) is 11.6 Å². The number of aliphatic hydroxyl groups excluding tert-OH is 1. The Kier molecular flexibility index (Phi) is 10.3. The van der Waals surface area contributed by atoms with Crippen LogP contribution in [0.1, 0.15) is 79.0 Å². The maximum Gasteiger partial charge on any atom is 0.287 e. The van der Waals surface area contributed by atoms with Gasteiger partial charge in [-0.2, -0.15) is 5.10 Å². The lowest BCUT2D eigenvalue weighted by atomic mass is 9.71. The third kappa shape index (κ3) is 7.59. The number of likely N-dealkylation sites (N-methyl/N-ethyl adjacent to an activating group) is 1. The highest BCUT2D eigenvalue weighted by molar-refractivity contribution is 6.32. The van der Waals surface area contributed by atoms with E-state index in [1.807, 2.05) is 0 Å². The van der Waals surface area contributed by atoms with Crippen molar-refractivity contribution in [3.05, 3.63) is 86.3 Å². The molecule has 1 amide bonds. The highest BCUT2D eigenvalue weighted by Gasteiger charge is 2.38. The van der Waals surface area contributed by atoms with Gasteiger partial charge in [0.2, 0.25) is 5.91 Å². The van der Waals surface area contributed by atoms with E-state index >= 15 is 0 Å². The Bertz CT molecular complexity index is 1730.